The lowest BCUT2D eigenvalue weighted by Crippen LogP contribution is -2.49. The number of hydrogen-bond donors (Lipinski definition) is 0. The number of likely N-dealkylation sites (tertiary alicyclic amines) is 1. The highest BCUT2D eigenvalue weighted by atomic mass is 16.5. The van der Waals surface area contributed by atoms with Gasteiger partial charge in [0.05, 0.1) is 30.6 Å². The van der Waals surface area contributed by atoms with Gasteiger partial charge in [0.25, 0.3) is 0 Å². The fourth-order valence-corrected chi connectivity index (χ4v) is 3.52. The molecule has 1 aromatic heterocycles. The number of hydrogen-bond acceptors (Lipinski definition) is 5. The van der Waals surface area contributed by atoms with Crippen molar-refractivity contribution < 1.29 is 14.3 Å². The summed E-state index contributed by atoms with van der Waals surface area (Å²) < 4.78 is 5.58. The van der Waals surface area contributed by atoms with Crippen LogP contribution in [0.2, 0.25) is 0 Å². The lowest BCUT2D eigenvalue weighted by atomic mass is 10.1. The minimum atomic E-state index is 0.0666. The van der Waals surface area contributed by atoms with E-state index in [-0.39, 0.29) is 17.9 Å². The first-order valence-corrected chi connectivity index (χ1v) is 9.06. The Morgan fingerprint density at radius 3 is 2.92 bits per heavy atom. The largest absolute Gasteiger partial charge is 0.377 e. The fourth-order valence-electron chi connectivity index (χ4n) is 3.52. The van der Waals surface area contributed by atoms with E-state index in [1.54, 1.807) is 17.3 Å². The molecule has 2 aliphatic rings. The molecule has 2 amide bonds. The molecule has 0 aliphatic carbocycles. The molecule has 7 nitrogen and oxygen atoms in total. The first-order chi connectivity index (χ1) is 12.1. The molecule has 136 valence electrons. The predicted molar refractivity (Wildman–Crippen MR) is 91.8 cm³/mol. The Hall–Kier alpha value is -2.02. The SMILES string of the molecule is Cc1nccnc1CC[C@@H]1COCCN1C(=O)CCN1CCCC1=O. The van der Waals surface area contributed by atoms with E-state index in [9.17, 15) is 9.59 Å². The second-order valence-electron chi connectivity index (χ2n) is 6.68. The maximum Gasteiger partial charge on any atom is 0.224 e. The summed E-state index contributed by atoms with van der Waals surface area (Å²) in [5.74, 6) is 0.285. The smallest absolute Gasteiger partial charge is 0.224 e. The zero-order valence-electron chi connectivity index (χ0n) is 14.8. The molecule has 2 fully saturated rings. The van der Waals surface area contributed by atoms with E-state index in [2.05, 4.69) is 9.97 Å². The van der Waals surface area contributed by atoms with Crippen LogP contribution < -0.4 is 0 Å². The molecule has 3 rings (SSSR count). The Bertz CT molecular complexity index is 622. The maximum absolute atomic E-state index is 12.7. The Labute approximate surface area is 148 Å². The molecule has 0 unspecified atom stereocenters. The number of amides is 2. The topological polar surface area (TPSA) is 75.6 Å². The van der Waals surface area contributed by atoms with Crippen molar-refractivity contribution in [2.24, 2.45) is 0 Å². The minimum absolute atomic E-state index is 0.0666. The van der Waals surface area contributed by atoms with Crippen LogP contribution in [0.3, 0.4) is 0 Å². The summed E-state index contributed by atoms with van der Waals surface area (Å²) in [6.45, 7) is 5.03. The second kappa shape index (κ2) is 8.38. The lowest BCUT2D eigenvalue weighted by Gasteiger charge is -2.36. The van der Waals surface area contributed by atoms with Gasteiger partial charge < -0.3 is 14.5 Å². The van der Waals surface area contributed by atoms with Crippen molar-refractivity contribution in [3.8, 4) is 0 Å². The van der Waals surface area contributed by atoms with Gasteiger partial charge in [-0.05, 0) is 26.2 Å². The maximum atomic E-state index is 12.7. The highest BCUT2D eigenvalue weighted by Crippen LogP contribution is 2.17. The van der Waals surface area contributed by atoms with E-state index in [0.29, 0.717) is 39.1 Å². The van der Waals surface area contributed by atoms with Crippen LogP contribution in [-0.2, 0) is 20.7 Å². The summed E-state index contributed by atoms with van der Waals surface area (Å²) in [7, 11) is 0. The molecule has 2 aliphatic heterocycles. The van der Waals surface area contributed by atoms with Crippen molar-refractivity contribution in [2.45, 2.75) is 45.1 Å². The van der Waals surface area contributed by atoms with Crippen LogP contribution >= 0.6 is 0 Å². The first-order valence-electron chi connectivity index (χ1n) is 9.06. The molecule has 2 saturated heterocycles. The van der Waals surface area contributed by atoms with E-state index < -0.39 is 0 Å². The third kappa shape index (κ3) is 4.54. The molecule has 0 saturated carbocycles. The Kier molecular flexibility index (Phi) is 5.96. The number of aromatic nitrogens is 2. The van der Waals surface area contributed by atoms with Gasteiger partial charge in [-0.1, -0.05) is 0 Å². The van der Waals surface area contributed by atoms with Gasteiger partial charge in [-0.25, -0.2) is 0 Å². The molecule has 3 heterocycles. The van der Waals surface area contributed by atoms with E-state index in [1.165, 1.54) is 0 Å². The molecule has 1 aromatic rings. The summed E-state index contributed by atoms with van der Waals surface area (Å²) in [5, 5.41) is 0. The van der Waals surface area contributed by atoms with Crippen LogP contribution in [0, 0.1) is 6.92 Å². The zero-order chi connectivity index (χ0) is 17.6. The van der Waals surface area contributed by atoms with Crippen LogP contribution in [0.15, 0.2) is 12.4 Å². The summed E-state index contributed by atoms with van der Waals surface area (Å²) in [4.78, 5) is 36.7. The van der Waals surface area contributed by atoms with Crippen molar-refractivity contribution >= 4 is 11.8 Å². The number of rotatable bonds is 6. The normalized spacial score (nSPS) is 21.0. The molecule has 1 atom stereocenters. The molecule has 0 N–H and O–H groups in total. The molecule has 7 heteroatoms. The lowest BCUT2D eigenvalue weighted by molar-refractivity contribution is -0.140. The Morgan fingerprint density at radius 1 is 1.32 bits per heavy atom. The van der Waals surface area contributed by atoms with E-state index in [0.717, 1.165) is 37.2 Å². The monoisotopic (exact) mass is 346 g/mol. The molecule has 0 spiro atoms. The van der Waals surface area contributed by atoms with Crippen molar-refractivity contribution in [3.05, 3.63) is 23.8 Å². The van der Waals surface area contributed by atoms with Gasteiger partial charge in [0.15, 0.2) is 0 Å². The standard InChI is InChI=1S/C18H26N4O3/c1-14-16(20-8-7-19-14)5-4-15-13-25-12-11-22(15)18(24)6-10-21-9-2-3-17(21)23/h7-8,15H,2-6,9-13H2,1H3/t15-/m1/s1. The quantitative estimate of drug-likeness (QED) is 0.767. The summed E-state index contributed by atoms with van der Waals surface area (Å²) in [5.41, 5.74) is 1.91. The molecular weight excluding hydrogens is 320 g/mol. The third-order valence-corrected chi connectivity index (χ3v) is 5.01. The van der Waals surface area contributed by atoms with Crippen LogP contribution in [0.1, 0.15) is 37.1 Å². The highest BCUT2D eigenvalue weighted by Gasteiger charge is 2.28. The number of carbonyl (C=O) groups excluding carboxylic acids is 2. The summed E-state index contributed by atoms with van der Waals surface area (Å²) in [6.07, 6.45) is 6.91. The van der Waals surface area contributed by atoms with Gasteiger partial charge in [-0.2, -0.15) is 0 Å². The number of nitrogens with zero attached hydrogens (tertiary/aromatic N) is 4. The van der Waals surface area contributed by atoms with Gasteiger partial charge in [0.2, 0.25) is 11.8 Å². The van der Waals surface area contributed by atoms with E-state index >= 15 is 0 Å². The minimum Gasteiger partial charge on any atom is -0.377 e. The number of morpholine rings is 1. The van der Waals surface area contributed by atoms with Crippen LogP contribution in [-0.4, -0.2) is 70.5 Å². The van der Waals surface area contributed by atoms with E-state index in [4.69, 9.17) is 4.74 Å². The Morgan fingerprint density at radius 2 is 2.16 bits per heavy atom. The van der Waals surface area contributed by atoms with Gasteiger partial charge >= 0.3 is 0 Å². The molecule has 0 aromatic carbocycles. The number of aryl methyl sites for hydroxylation is 2. The van der Waals surface area contributed by atoms with E-state index in [1.807, 2.05) is 11.8 Å². The van der Waals surface area contributed by atoms with Gasteiger partial charge in [-0.15, -0.1) is 0 Å². The summed E-state index contributed by atoms with van der Waals surface area (Å²) in [6, 6.07) is 0.0666. The van der Waals surface area contributed by atoms with Crippen molar-refractivity contribution in [1.29, 1.82) is 0 Å². The highest BCUT2D eigenvalue weighted by molar-refractivity contribution is 5.80. The molecular formula is C18H26N4O3. The van der Waals surface area contributed by atoms with Crippen molar-refractivity contribution in [2.75, 3.05) is 32.8 Å². The predicted octanol–water partition coefficient (Wildman–Crippen LogP) is 0.958. The first kappa shape index (κ1) is 17.8. The molecule has 0 radical (unpaired) electrons. The average Bonchev–Trinajstić information content (AvgIpc) is 3.04. The second-order valence-corrected chi connectivity index (χ2v) is 6.68. The van der Waals surface area contributed by atoms with Crippen molar-refractivity contribution in [1.82, 2.24) is 19.8 Å². The van der Waals surface area contributed by atoms with Crippen LogP contribution in [0.4, 0.5) is 0 Å². The molecule has 25 heavy (non-hydrogen) atoms. The zero-order valence-corrected chi connectivity index (χ0v) is 14.8. The number of ether oxygens (including phenoxy) is 1. The van der Waals surface area contributed by atoms with Gasteiger partial charge in [-0.3, -0.25) is 19.6 Å². The fraction of sp³-hybridized carbons (Fsp3) is 0.667. The average molecular weight is 346 g/mol. The number of carbonyl (C=O) groups is 2. The summed E-state index contributed by atoms with van der Waals surface area (Å²) >= 11 is 0. The third-order valence-electron chi connectivity index (χ3n) is 5.01. The molecule has 0 bridgehead atoms. The van der Waals surface area contributed by atoms with Gasteiger partial charge in [0.1, 0.15) is 0 Å². The Balaban J connectivity index is 1.53. The van der Waals surface area contributed by atoms with Gasteiger partial charge in [0, 0.05) is 44.9 Å². The van der Waals surface area contributed by atoms with Crippen molar-refractivity contribution in [3.63, 3.8) is 0 Å². The van der Waals surface area contributed by atoms with Crippen LogP contribution in [0.25, 0.3) is 0 Å². The van der Waals surface area contributed by atoms with Crippen LogP contribution in [0.5, 0.6) is 0 Å².